The van der Waals surface area contributed by atoms with Crippen LogP contribution in [0.2, 0.25) is 0 Å². The molecule has 7 heteroatoms. The first kappa shape index (κ1) is 12.4. The number of hydrogen-bond donors (Lipinski definition) is 1. The van der Waals surface area contributed by atoms with Gasteiger partial charge in [0.1, 0.15) is 5.01 Å². The van der Waals surface area contributed by atoms with Crippen LogP contribution in [0.5, 0.6) is 0 Å². The summed E-state index contributed by atoms with van der Waals surface area (Å²) in [6, 6.07) is 0. The molecule has 0 atom stereocenters. The summed E-state index contributed by atoms with van der Waals surface area (Å²) in [6.45, 7) is 1.52. The van der Waals surface area contributed by atoms with E-state index < -0.39 is 11.9 Å². The van der Waals surface area contributed by atoms with Crippen molar-refractivity contribution in [2.45, 2.75) is 12.7 Å². The van der Waals surface area contributed by atoms with Crippen molar-refractivity contribution in [3.63, 3.8) is 0 Å². The van der Waals surface area contributed by atoms with Gasteiger partial charge in [-0.3, -0.25) is 4.90 Å². The van der Waals surface area contributed by atoms with Crippen molar-refractivity contribution in [1.29, 1.82) is 0 Å². The minimum absolute atomic E-state index is 0.401. The van der Waals surface area contributed by atoms with Crippen LogP contribution < -0.4 is 5.73 Å². The van der Waals surface area contributed by atoms with Gasteiger partial charge in [0, 0.05) is 18.5 Å². The summed E-state index contributed by atoms with van der Waals surface area (Å²) in [4.78, 5) is 5.35. The SMILES string of the molecule is CN(CCN)Cc1nc(C(F)(F)F)cs1. The number of likely N-dealkylation sites (N-methyl/N-ethyl adjacent to an activating group) is 1. The van der Waals surface area contributed by atoms with Crippen molar-refractivity contribution < 1.29 is 13.2 Å². The maximum atomic E-state index is 12.2. The maximum absolute atomic E-state index is 12.2. The van der Waals surface area contributed by atoms with Gasteiger partial charge in [-0.25, -0.2) is 4.98 Å². The normalized spacial score (nSPS) is 12.4. The van der Waals surface area contributed by atoms with E-state index in [1.165, 1.54) is 0 Å². The van der Waals surface area contributed by atoms with Crippen LogP contribution in [0.3, 0.4) is 0 Å². The van der Waals surface area contributed by atoms with Gasteiger partial charge < -0.3 is 5.73 Å². The van der Waals surface area contributed by atoms with Gasteiger partial charge >= 0.3 is 6.18 Å². The van der Waals surface area contributed by atoms with Gasteiger partial charge in [-0.15, -0.1) is 11.3 Å². The summed E-state index contributed by atoms with van der Waals surface area (Å²) in [5, 5.41) is 1.49. The van der Waals surface area contributed by atoms with Crippen molar-refractivity contribution in [3.05, 3.63) is 16.1 Å². The second-order valence-corrected chi connectivity index (χ2v) is 4.09. The summed E-state index contributed by atoms with van der Waals surface area (Å²) in [6.07, 6.45) is -4.35. The largest absolute Gasteiger partial charge is 0.434 e. The molecule has 1 rings (SSSR count). The van der Waals surface area contributed by atoms with E-state index in [2.05, 4.69) is 4.98 Å². The molecule has 0 saturated heterocycles. The summed E-state index contributed by atoms with van der Waals surface area (Å²) in [5.74, 6) is 0. The van der Waals surface area contributed by atoms with E-state index in [9.17, 15) is 13.2 Å². The van der Waals surface area contributed by atoms with Gasteiger partial charge in [0.15, 0.2) is 5.69 Å². The van der Waals surface area contributed by atoms with Gasteiger partial charge in [0.05, 0.1) is 6.54 Å². The number of nitrogens with two attached hydrogens (primary N) is 1. The van der Waals surface area contributed by atoms with Crippen LogP contribution in [0, 0.1) is 0 Å². The van der Waals surface area contributed by atoms with Crippen LogP contribution in [0.4, 0.5) is 13.2 Å². The molecule has 0 aliphatic carbocycles. The van der Waals surface area contributed by atoms with Crippen molar-refractivity contribution in [2.75, 3.05) is 20.1 Å². The molecule has 15 heavy (non-hydrogen) atoms. The first-order valence-corrected chi connectivity index (χ1v) is 5.21. The molecular weight excluding hydrogens is 227 g/mol. The first-order chi connectivity index (χ1) is 6.93. The molecule has 1 heterocycles. The third-order valence-corrected chi connectivity index (χ3v) is 2.59. The number of nitrogens with zero attached hydrogens (tertiary/aromatic N) is 2. The second-order valence-electron chi connectivity index (χ2n) is 3.15. The predicted molar refractivity (Wildman–Crippen MR) is 52.5 cm³/mol. The Balaban J connectivity index is 2.61. The van der Waals surface area contributed by atoms with Gasteiger partial charge in [-0.2, -0.15) is 13.2 Å². The van der Waals surface area contributed by atoms with E-state index in [4.69, 9.17) is 5.73 Å². The zero-order valence-corrected chi connectivity index (χ0v) is 9.03. The first-order valence-electron chi connectivity index (χ1n) is 4.33. The van der Waals surface area contributed by atoms with Crippen LogP contribution in [0.1, 0.15) is 10.7 Å². The van der Waals surface area contributed by atoms with Crippen LogP contribution in [-0.4, -0.2) is 30.0 Å². The minimum Gasteiger partial charge on any atom is -0.329 e. The zero-order valence-electron chi connectivity index (χ0n) is 8.21. The lowest BCUT2D eigenvalue weighted by Crippen LogP contribution is -2.25. The molecule has 0 saturated carbocycles. The van der Waals surface area contributed by atoms with E-state index in [1.807, 2.05) is 4.90 Å². The molecule has 0 aromatic carbocycles. The molecule has 0 fully saturated rings. The molecule has 0 spiro atoms. The van der Waals surface area contributed by atoms with E-state index in [0.29, 0.717) is 24.6 Å². The van der Waals surface area contributed by atoms with Crippen LogP contribution in [0.25, 0.3) is 0 Å². The van der Waals surface area contributed by atoms with Crippen LogP contribution in [0.15, 0.2) is 5.38 Å². The molecule has 0 aliphatic heterocycles. The standard InChI is InChI=1S/C8H12F3N3S/c1-14(3-2-12)4-7-13-6(5-15-7)8(9,10)11/h5H,2-4,12H2,1H3. The highest BCUT2D eigenvalue weighted by molar-refractivity contribution is 7.09. The Labute approximate surface area is 89.7 Å². The highest BCUT2D eigenvalue weighted by Crippen LogP contribution is 2.30. The van der Waals surface area contributed by atoms with Crippen molar-refractivity contribution >= 4 is 11.3 Å². The Morgan fingerprint density at radius 1 is 1.53 bits per heavy atom. The second kappa shape index (κ2) is 4.91. The molecule has 2 N–H and O–H groups in total. The Morgan fingerprint density at radius 3 is 2.67 bits per heavy atom. The topological polar surface area (TPSA) is 42.1 Å². The monoisotopic (exact) mass is 239 g/mol. The lowest BCUT2D eigenvalue weighted by molar-refractivity contribution is -0.140. The van der Waals surface area contributed by atoms with Crippen LogP contribution >= 0.6 is 11.3 Å². The quantitative estimate of drug-likeness (QED) is 0.866. The number of halogens is 3. The number of alkyl halides is 3. The molecule has 0 amide bonds. The molecular formula is C8H12F3N3S. The third kappa shape index (κ3) is 3.77. The van der Waals surface area contributed by atoms with Crippen molar-refractivity contribution in [1.82, 2.24) is 9.88 Å². The number of aromatic nitrogens is 1. The lowest BCUT2D eigenvalue weighted by atomic mass is 10.5. The average Bonchev–Trinajstić information content (AvgIpc) is 2.52. The van der Waals surface area contributed by atoms with E-state index in [0.717, 1.165) is 16.7 Å². The summed E-state index contributed by atoms with van der Waals surface area (Å²) in [7, 11) is 1.79. The fourth-order valence-electron chi connectivity index (χ4n) is 1.04. The fraction of sp³-hybridized carbons (Fsp3) is 0.625. The van der Waals surface area contributed by atoms with Gasteiger partial charge in [-0.1, -0.05) is 0 Å². The molecule has 0 aliphatic rings. The molecule has 0 radical (unpaired) electrons. The Bertz CT molecular complexity index is 310. The van der Waals surface area contributed by atoms with E-state index in [-0.39, 0.29) is 0 Å². The maximum Gasteiger partial charge on any atom is 0.434 e. The predicted octanol–water partition coefficient (Wildman–Crippen LogP) is 1.55. The zero-order chi connectivity index (χ0) is 11.5. The molecule has 1 aromatic heterocycles. The van der Waals surface area contributed by atoms with Crippen molar-refractivity contribution in [3.8, 4) is 0 Å². The smallest absolute Gasteiger partial charge is 0.329 e. The highest BCUT2D eigenvalue weighted by atomic mass is 32.1. The number of hydrogen-bond acceptors (Lipinski definition) is 4. The third-order valence-electron chi connectivity index (χ3n) is 1.76. The molecule has 0 unspecified atom stereocenters. The summed E-state index contributed by atoms with van der Waals surface area (Å²) >= 11 is 1.02. The fourth-order valence-corrected chi connectivity index (χ4v) is 1.92. The number of rotatable bonds is 4. The van der Waals surface area contributed by atoms with Gasteiger partial charge in [0.25, 0.3) is 0 Å². The molecule has 0 bridgehead atoms. The van der Waals surface area contributed by atoms with E-state index >= 15 is 0 Å². The average molecular weight is 239 g/mol. The minimum atomic E-state index is -4.35. The van der Waals surface area contributed by atoms with Crippen molar-refractivity contribution in [2.24, 2.45) is 5.73 Å². The molecule has 86 valence electrons. The highest BCUT2D eigenvalue weighted by Gasteiger charge is 2.33. The lowest BCUT2D eigenvalue weighted by Gasteiger charge is -2.12. The summed E-state index contributed by atoms with van der Waals surface area (Å²) in [5.41, 5.74) is 4.50. The molecule has 3 nitrogen and oxygen atoms in total. The Kier molecular flexibility index (Phi) is 4.06. The molecule has 1 aromatic rings. The Hall–Kier alpha value is -0.660. The van der Waals surface area contributed by atoms with Gasteiger partial charge in [0.2, 0.25) is 0 Å². The number of thiazole rings is 1. The van der Waals surface area contributed by atoms with Crippen LogP contribution in [-0.2, 0) is 12.7 Å². The van der Waals surface area contributed by atoms with E-state index in [1.54, 1.807) is 7.05 Å². The Morgan fingerprint density at radius 2 is 2.20 bits per heavy atom. The van der Waals surface area contributed by atoms with Gasteiger partial charge in [-0.05, 0) is 7.05 Å². The summed E-state index contributed by atoms with van der Waals surface area (Å²) < 4.78 is 36.6.